The van der Waals surface area contributed by atoms with Gasteiger partial charge in [-0.25, -0.2) is 0 Å². The van der Waals surface area contributed by atoms with Crippen molar-refractivity contribution in [3.05, 3.63) is 0 Å². The van der Waals surface area contributed by atoms with Gasteiger partial charge in [0.25, 0.3) is 0 Å². The zero-order chi connectivity index (χ0) is 12.2. The Labute approximate surface area is 98.6 Å². The van der Waals surface area contributed by atoms with Crippen molar-refractivity contribution < 1.29 is 9.90 Å². The fraction of sp³-hybridized carbons (Fsp3) is 0.923. The molecule has 0 aromatic carbocycles. The first-order valence-electron chi connectivity index (χ1n) is 6.44. The Hall–Kier alpha value is -0.570. The Bertz CT molecular complexity index is 238. The molecule has 0 aliphatic heterocycles. The van der Waals surface area contributed by atoms with Crippen molar-refractivity contribution in [2.45, 2.75) is 58.9 Å². The maximum atomic E-state index is 11.0. The maximum Gasteiger partial charge on any atom is 0.310 e. The van der Waals surface area contributed by atoms with E-state index in [2.05, 4.69) is 12.2 Å². The van der Waals surface area contributed by atoms with E-state index >= 15 is 0 Å². The first-order chi connectivity index (χ1) is 7.47. The van der Waals surface area contributed by atoms with Crippen molar-refractivity contribution in [2.75, 3.05) is 6.54 Å². The number of rotatable bonds is 5. The quantitative estimate of drug-likeness (QED) is 0.759. The van der Waals surface area contributed by atoms with E-state index in [4.69, 9.17) is 5.11 Å². The van der Waals surface area contributed by atoms with Crippen molar-refractivity contribution in [1.29, 1.82) is 0 Å². The zero-order valence-electron chi connectivity index (χ0n) is 10.8. The molecule has 2 atom stereocenters. The summed E-state index contributed by atoms with van der Waals surface area (Å²) in [7, 11) is 0. The van der Waals surface area contributed by atoms with Crippen molar-refractivity contribution in [1.82, 2.24) is 5.32 Å². The molecule has 1 saturated carbocycles. The summed E-state index contributed by atoms with van der Waals surface area (Å²) in [4.78, 5) is 11.0. The van der Waals surface area contributed by atoms with Gasteiger partial charge < -0.3 is 10.4 Å². The van der Waals surface area contributed by atoms with Crippen LogP contribution in [0.4, 0.5) is 0 Å². The van der Waals surface area contributed by atoms with Crippen LogP contribution in [0.25, 0.3) is 0 Å². The third-order valence-corrected chi connectivity index (χ3v) is 3.82. The SMILES string of the molecule is CCC1CCCCC1NCC(C)(C)C(=O)O. The van der Waals surface area contributed by atoms with E-state index < -0.39 is 11.4 Å². The second-order valence-electron chi connectivity index (χ2n) is 5.63. The average molecular weight is 227 g/mol. The molecule has 0 heterocycles. The average Bonchev–Trinajstić information content (AvgIpc) is 2.26. The number of carboxylic acid groups (broad SMARTS) is 1. The molecule has 3 heteroatoms. The molecule has 1 rings (SSSR count). The number of nitrogens with one attached hydrogen (secondary N) is 1. The van der Waals surface area contributed by atoms with Crippen LogP contribution in [0.5, 0.6) is 0 Å². The molecule has 2 unspecified atom stereocenters. The zero-order valence-corrected chi connectivity index (χ0v) is 10.8. The summed E-state index contributed by atoms with van der Waals surface area (Å²) in [5.41, 5.74) is -0.657. The summed E-state index contributed by atoms with van der Waals surface area (Å²) in [5.74, 6) is 0.0159. The lowest BCUT2D eigenvalue weighted by Crippen LogP contribution is -2.45. The monoisotopic (exact) mass is 227 g/mol. The predicted molar refractivity (Wildman–Crippen MR) is 65.5 cm³/mol. The van der Waals surface area contributed by atoms with Crippen LogP contribution in [0.3, 0.4) is 0 Å². The van der Waals surface area contributed by atoms with E-state index in [0.29, 0.717) is 12.6 Å². The Morgan fingerprint density at radius 1 is 1.38 bits per heavy atom. The van der Waals surface area contributed by atoms with Crippen LogP contribution in [-0.2, 0) is 4.79 Å². The van der Waals surface area contributed by atoms with Gasteiger partial charge in [0.05, 0.1) is 5.41 Å². The highest BCUT2D eigenvalue weighted by Crippen LogP contribution is 2.27. The summed E-state index contributed by atoms with van der Waals surface area (Å²) < 4.78 is 0. The Balaban J connectivity index is 2.43. The van der Waals surface area contributed by atoms with E-state index in [-0.39, 0.29) is 0 Å². The number of aliphatic carboxylic acids is 1. The molecule has 1 fully saturated rings. The maximum absolute atomic E-state index is 11.0. The number of carboxylic acids is 1. The highest BCUT2D eigenvalue weighted by atomic mass is 16.4. The third-order valence-electron chi connectivity index (χ3n) is 3.82. The summed E-state index contributed by atoms with van der Waals surface area (Å²) in [5, 5.41) is 12.5. The lowest BCUT2D eigenvalue weighted by Gasteiger charge is -2.33. The molecule has 0 aromatic heterocycles. The van der Waals surface area contributed by atoms with Crippen molar-refractivity contribution in [2.24, 2.45) is 11.3 Å². The smallest absolute Gasteiger partial charge is 0.310 e. The van der Waals surface area contributed by atoms with Crippen molar-refractivity contribution in [3.8, 4) is 0 Å². The minimum atomic E-state index is -0.719. The minimum Gasteiger partial charge on any atom is -0.481 e. The Morgan fingerprint density at radius 2 is 2.00 bits per heavy atom. The second kappa shape index (κ2) is 5.67. The van der Waals surface area contributed by atoms with Crippen LogP contribution in [0.1, 0.15) is 52.9 Å². The van der Waals surface area contributed by atoms with E-state index in [1.807, 2.05) is 0 Å². The highest BCUT2D eigenvalue weighted by molar-refractivity contribution is 5.73. The molecule has 1 aliphatic rings. The predicted octanol–water partition coefficient (Wildman–Crippen LogP) is 2.66. The van der Waals surface area contributed by atoms with Crippen LogP contribution in [0, 0.1) is 11.3 Å². The highest BCUT2D eigenvalue weighted by Gasteiger charge is 2.30. The molecular weight excluding hydrogens is 202 g/mol. The van der Waals surface area contributed by atoms with Gasteiger partial charge in [-0.1, -0.05) is 26.2 Å². The number of carbonyl (C=O) groups is 1. The molecule has 16 heavy (non-hydrogen) atoms. The molecule has 3 nitrogen and oxygen atoms in total. The molecule has 0 amide bonds. The Kier molecular flexibility index (Phi) is 4.78. The fourth-order valence-corrected chi connectivity index (χ4v) is 2.43. The van der Waals surface area contributed by atoms with Crippen molar-refractivity contribution >= 4 is 5.97 Å². The van der Waals surface area contributed by atoms with E-state index in [1.54, 1.807) is 13.8 Å². The molecule has 94 valence electrons. The molecule has 2 N–H and O–H groups in total. The second-order valence-corrected chi connectivity index (χ2v) is 5.63. The van der Waals surface area contributed by atoms with Gasteiger partial charge in [-0.05, 0) is 32.6 Å². The van der Waals surface area contributed by atoms with Crippen LogP contribution < -0.4 is 5.32 Å². The van der Waals surface area contributed by atoms with Gasteiger partial charge in [-0.2, -0.15) is 0 Å². The van der Waals surface area contributed by atoms with Gasteiger partial charge in [0.2, 0.25) is 0 Å². The fourth-order valence-electron chi connectivity index (χ4n) is 2.43. The summed E-state index contributed by atoms with van der Waals surface area (Å²) in [6.45, 7) is 6.37. The molecule has 1 aliphatic carbocycles. The van der Waals surface area contributed by atoms with E-state index in [0.717, 1.165) is 5.92 Å². The Morgan fingerprint density at radius 3 is 2.56 bits per heavy atom. The molecule has 0 spiro atoms. The number of hydrogen-bond acceptors (Lipinski definition) is 2. The first kappa shape index (κ1) is 13.5. The minimum absolute atomic E-state index is 0.525. The van der Waals surface area contributed by atoms with Crippen LogP contribution >= 0.6 is 0 Å². The van der Waals surface area contributed by atoms with Gasteiger partial charge in [-0.3, -0.25) is 4.79 Å². The molecule has 0 saturated heterocycles. The summed E-state index contributed by atoms with van der Waals surface area (Å²) in [6.07, 6.45) is 6.31. The number of hydrogen-bond donors (Lipinski definition) is 2. The lowest BCUT2D eigenvalue weighted by molar-refractivity contribution is -0.146. The van der Waals surface area contributed by atoms with E-state index in [9.17, 15) is 4.79 Å². The molecular formula is C13H25NO2. The topological polar surface area (TPSA) is 49.3 Å². The third kappa shape index (κ3) is 3.48. The molecule has 0 aromatic rings. The van der Waals surface area contributed by atoms with Crippen LogP contribution in [0.2, 0.25) is 0 Å². The first-order valence-corrected chi connectivity index (χ1v) is 6.44. The standard InChI is InChI=1S/C13H25NO2/c1-4-10-7-5-6-8-11(10)14-9-13(2,3)12(15)16/h10-11,14H,4-9H2,1-3H3,(H,15,16). The van der Waals surface area contributed by atoms with Gasteiger partial charge in [0.1, 0.15) is 0 Å². The normalized spacial score (nSPS) is 26.7. The largest absolute Gasteiger partial charge is 0.481 e. The van der Waals surface area contributed by atoms with Gasteiger partial charge >= 0.3 is 5.97 Å². The lowest BCUT2D eigenvalue weighted by atomic mass is 9.82. The summed E-state index contributed by atoms with van der Waals surface area (Å²) in [6, 6.07) is 0.525. The molecule has 0 bridgehead atoms. The van der Waals surface area contributed by atoms with Gasteiger partial charge in [0.15, 0.2) is 0 Å². The molecule has 0 radical (unpaired) electrons. The van der Waals surface area contributed by atoms with Gasteiger partial charge in [0, 0.05) is 12.6 Å². The van der Waals surface area contributed by atoms with Gasteiger partial charge in [-0.15, -0.1) is 0 Å². The van der Waals surface area contributed by atoms with Crippen LogP contribution in [-0.4, -0.2) is 23.7 Å². The van der Waals surface area contributed by atoms with E-state index in [1.165, 1.54) is 32.1 Å². The summed E-state index contributed by atoms with van der Waals surface area (Å²) >= 11 is 0. The van der Waals surface area contributed by atoms with Crippen LogP contribution in [0.15, 0.2) is 0 Å². The van der Waals surface area contributed by atoms with Crippen molar-refractivity contribution in [3.63, 3.8) is 0 Å².